The summed E-state index contributed by atoms with van der Waals surface area (Å²) in [6.45, 7) is 3.90. The van der Waals surface area contributed by atoms with Crippen molar-refractivity contribution in [3.8, 4) is 17.3 Å². The molecule has 1 aromatic carbocycles. The second-order valence-corrected chi connectivity index (χ2v) is 8.79. The molecule has 0 spiro atoms. The highest BCUT2D eigenvalue weighted by atomic mass is 32.1. The van der Waals surface area contributed by atoms with Gasteiger partial charge in [0.1, 0.15) is 21.6 Å². The largest absolute Gasteiger partial charge is 0.397 e. The molecular weight excluding hydrogens is 416 g/mol. The van der Waals surface area contributed by atoms with Crippen LogP contribution in [-0.4, -0.2) is 15.9 Å². The molecule has 0 fully saturated rings. The van der Waals surface area contributed by atoms with E-state index in [1.54, 1.807) is 0 Å². The highest BCUT2D eigenvalue weighted by molar-refractivity contribution is 7.21. The molecule has 150 valence electrons. The fourth-order valence-corrected chi connectivity index (χ4v) is 5.02. The first-order valence-electron chi connectivity index (χ1n) is 9.14. The lowest BCUT2D eigenvalue weighted by Crippen LogP contribution is -2.12. The first-order chi connectivity index (χ1) is 14.4. The van der Waals surface area contributed by atoms with Crippen LogP contribution in [0.15, 0.2) is 35.7 Å². The molecule has 0 saturated heterocycles. The number of amides is 1. The molecule has 7 nitrogen and oxygen atoms in total. The fraction of sp³-hybridized carbons (Fsp3) is 0.143. The molecule has 30 heavy (non-hydrogen) atoms. The maximum Gasteiger partial charge on any atom is 0.269 e. The highest BCUT2D eigenvalue weighted by Gasteiger charge is 2.25. The quantitative estimate of drug-likeness (QED) is 0.421. The maximum absolute atomic E-state index is 12.9. The molecule has 3 heterocycles. The lowest BCUT2D eigenvalue weighted by atomic mass is 9.95. The number of benzene rings is 1. The lowest BCUT2D eigenvalue weighted by Gasteiger charge is -2.12. The van der Waals surface area contributed by atoms with Crippen LogP contribution in [0.1, 0.15) is 40.6 Å². The van der Waals surface area contributed by atoms with Gasteiger partial charge in [-0.1, -0.05) is 44.2 Å². The zero-order chi connectivity index (χ0) is 21.4. The lowest BCUT2D eigenvalue weighted by molar-refractivity contribution is 0.103. The Morgan fingerprint density at radius 3 is 2.60 bits per heavy atom. The van der Waals surface area contributed by atoms with Gasteiger partial charge in [0.15, 0.2) is 5.13 Å². The molecule has 0 unspecified atom stereocenters. The number of thiophene rings is 1. The van der Waals surface area contributed by atoms with Gasteiger partial charge in [0.25, 0.3) is 5.91 Å². The van der Waals surface area contributed by atoms with Crippen molar-refractivity contribution in [3.63, 3.8) is 0 Å². The number of nitriles is 1. The van der Waals surface area contributed by atoms with Crippen LogP contribution in [-0.2, 0) is 0 Å². The zero-order valence-corrected chi connectivity index (χ0v) is 17.9. The molecule has 5 N–H and O–H groups in total. The average molecular weight is 435 g/mol. The monoisotopic (exact) mass is 434 g/mol. The van der Waals surface area contributed by atoms with Crippen molar-refractivity contribution in [3.05, 3.63) is 51.7 Å². The minimum Gasteiger partial charge on any atom is -0.397 e. The molecule has 9 heteroatoms. The van der Waals surface area contributed by atoms with Crippen LogP contribution >= 0.6 is 22.7 Å². The van der Waals surface area contributed by atoms with Crippen LogP contribution in [0.25, 0.3) is 21.5 Å². The molecule has 4 aromatic rings. The van der Waals surface area contributed by atoms with Crippen LogP contribution < -0.4 is 16.8 Å². The number of thiazole rings is 1. The van der Waals surface area contributed by atoms with E-state index in [4.69, 9.17) is 11.5 Å². The molecule has 0 aliphatic heterocycles. The molecule has 1 amide bonds. The van der Waals surface area contributed by atoms with Gasteiger partial charge in [0, 0.05) is 16.3 Å². The van der Waals surface area contributed by atoms with E-state index < -0.39 is 0 Å². The second kappa shape index (κ2) is 7.74. The Morgan fingerprint density at radius 1 is 1.20 bits per heavy atom. The van der Waals surface area contributed by atoms with Crippen LogP contribution in [0.2, 0.25) is 0 Å². The number of carbonyl (C=O) groups is 1. The first kappa shape index (κ1) is 19.8. The van der Waals surface area contributed by atoms with Crippen molar-refractivity contribution >= 4 is 55.4 Å². The van der Waals surface area contributed by atoms with Crippen LogP contribution in [0.5, 0.6) is 0 Å². The molecule has 0 aliphatic rings. The molecule has 0 saturated carbocycles. The van der Waals surface area contributed by atoms with Gasteiger partial charge < -0.3 is 11.5 Å². The summed E-state index contributed by atoms with van der Waals surface area (Å²) in [5.74, 6) is -0.224. The third-order valence-electron chi connectivity index (χ3n) is 4.63. The summed E-state index contributed by atoms with van der Waals surface area (Å²) in [5.41, 5.74) is 15.4. The van der Waals surface area contributed by atoms with Crippen LogP contribution in [0.4, 0.5) is 16.6 Å². The third-order valence-corrected chi connectivity index (χ3v) is 6.49. The summed E-state index contributed by atoms with van der Waals surface area (Å²) in [6.07, 6.45) is 0. The summed E-state index contributed by atoms with van der Waals surface area (Å²) in [6, 6.07) is 11.8. The first-order valence-corrected chi connectivity index (χ1v) is 10.8. The average Bonchev–Trinajstić information content (AvgIpc) is 3.32. The number of anilines is 3. The Morgan fingerprint density at radius 2 is 1.93 bits per heavy atom. The molecule has 0 atom stereocenters. The molecule has 0 aliphatic carbocycles. The van der Waals surface area contributed by atoms with Gasteiger partial charge in [0.05, 0.1) is 16.9 Å². The van der Waals surface area contributed by atoms with E-state index in [2.05, 4.69) is 21.4 Å². The highest BCUT2D eigenvalue weighted by Crippen LogP contribution is 2.41. The summed E-state index contributed by atoms with van der Waals surface area (Å²) in [5, 5.41) is 15.3. The number of rotatable bonds is 4. The number of nitrogens with zero attached hydrogens (tertiary/aromatic N) is 3. The number of nitrogens with two attached hydrogens (primary N) is 2. The van der Waals surface area contributed by atoms with Gasteiger partial charge in [-0.05, 0) is 11.5 Å². The summed E-state index contributed by atoms with van der Waals surface area (Å²) < 4.78 is 0. The number of fused-ring (bicyclic) bond motifs is 1. The van der Waals surface area contributed by atoms with E-state index in [0.29, 0.717) is 37.0 Å². The van der Waals surface area contributed by atoms with Crippen LogP contribution in [0, 0.1) is 11.3 Å². The minimum atomic E-state index is -0.365. The predicted octanol–water partition coefficient (Wildman–Crippen LogP) is 4.83. The maximum atomic E-state index is 12.9. The zero-order valence-electron chi connectivity index (χ0n) is 16.3. The van der Waals surface area contributed by atoms with E-state index in [0.717, 1.165) is 22.6 Å². The number of pyridine rings is 1. The van der Waals surface area contributed by atoms with E-state index in [-0.39, 0.29) is 17.6 Å². The second-order valence-electron chi connectivity index (χ2n) is 6.94. The molecule has 3 aromatic heterocycles. The third kappa shape index (κ3) is 3.36. The Kier molecular flexibility index (Phi) is 5.11. The number of nitrogens with one attached hydrogen (secondary N) is 1. The van der Waals surface area contributed by atoms with Crippen molar-refractivity contribution < 1.29 is 4.79 Å². The van der Waals surface area contributed by atoms with E-state index in [1.165, 1.54) is 11.3 Å². The van der Waals surface area contributed by atoms with Crippen molar-refractivity contribution in [2.45, 2.75) is 19.8 Å². The van der Waals surface area contributed by atoms with Gasteiger partial charge in [-0.25, -0.2) is 9.97 Å². The Labute approximate surface area is 181 Å². The Bertz CT molecular complexity index is 1300. The van der Waals surface area contributed by atoms with Crippen molar-refractivity contribution in [1.82, 2.24) is 9.97 Å². The summed E-state index contributed by atoms with van der Waals surface area (Å²) >= 11 is 2.50. The van der Waals surface area contributed by atoms with E-state index >= 15 is 0 Å². The molecular formula is C21H18N6OS2. The standard InChI is InChI=1S/C21H18N6OS2/c1-10(2)14-12(8-22)18(24)26-20-15(14)16(23)17(30-20)19(28)27-21-25-13(9-29-21)11-6-4-3-5-7-11/h3-7,9-10H,23H2,1-2H3,(H2,24,26)(H,25,27,28). The van der Waals surface area contributed by atoms with E-state index in [1.807, 2.05) is 49.6 Å². The van der Waals surface area contributed by atoms with Gasteiger partial charge in [-0.2, -0.15) is 5.26 Å². The smallest absolute Gasteiger partial charge is 0.269 e. The minimum absolute atomic E-state index is 0.00680. The summed E-state index contributed by atoms with van der Waals surface area (Å²) in [7, 11) is 0. The number of nitrogen functional groups attached to an aromatic ring is 2. The van der Waals surface area contributed by atoms with Crippen LogP contribution in [0.3, 0.4) is 0 Å². The molecule has 4 rings (SSSR count). The van der Waals surface area contributed by atoms with Crippen molar-refractivity contribution in [1.29, 1.82) is 5.26 Å². The molecule has 0 radical (unpaired) electrons. The SMILES string of the molecule is CC(C)c1c(C#N)c(N)nc2sc(C(=O)Nc3nc(-c4ccccc4)cs3)c(N)c12. The van der Waals surface area contributed by atoms with Gasteiger partial charge in [-0.3, -0.25) is 10.1 Å². The fourth-order valence-electron chi connectivity index (χ4n) is 3.29. The topological polar surface area (TPSA) is 131 Å². The van der Waals surface area contributed by atoms with Gasteiger partial charge in [0.2, 0.25) is 0 Å². The predicted molar refractivity (Wildman–Crippen MR) is 123 cm³/mol. The number of aromatic nitrogens is 2. The number of hydrogen-bond donors (Lipinski definition) is 3. The normalized spacial score (nSPS) is 11.0. The van der Waals surface area contributed by atoms with Gasteiger partial charge >= 0.3 is 0 Å². The van der Waals surface area contributed by atoms with Crippen molar-refractivity contribution in [2.24, 2.45) is 0 Å². The van der Waals surface area contributed by atoms with Crippen molar-refractivity contribution in [2.75, 3.05) is 16.8 Å². The van der Waals surface area contributed by atoms with Gasteiger partial charge in [-0.15, -0.1) is 22.7 Å². The Balaban J connectivity index is 1.71. The molecule has 0 bridgehead atoms. The summed E-state index contributed by atoms with van der Waals surface area (Å²) in [4.78, 5) is 22.6. The van der Waals surface area contributed by atoms with E-state index in [9.17, 15) is 10.1 Å². The number of hydrogen-bond acceptors (Lipinski definition) is 8. The Hall–Kier alpha value is -3.48. The number of carbonyl (C=O) groups excluding carboxylic acids is 1.